The number of rotatable bonds is 10. The minimum absolute atomic E-state index is 0.157. The highest BCUT2D eigenvalue weighted by molar-refractivity contribution is 5.71. The van der Waals surface area contributed by atoms with E-state index in [2.05, 4.69) is 4.98 Å². The van der Waals surface area contributed by atoms with E-state index >= 15 is 0 Å². The molecule has 0 aliphatic rings. The molecule has 0 fully saturated rings. The van der Waals surface area contributed by atoms with Gasteiger partial charge in [0.2, 0.25) is 5.88 Å². The summed E-state index contributed by atoms with van der Waals surface area (Å²) in [5.74, 6) is 0.0415. The van der Waals surface area contributed by atoms with E-state index < -0.39 is 0 Å². The standard InChI is InChI=1S/C25H26FNO3/c1-2-29-25(28)14-7-4-8-15-30-24-18-21(19-10-5-3-6-11-19)17-23(27-24)20-12-9-13-22(26)16-20/h3,5-6,9-13,16-18H,2,4,7-8,14-15H2,1H3. The maximum atomic E-state index is 13.7. The van der Waals surface area contributed by atoms with Gasteiger partial charge in [-0.1, -0.05) is 42.5 Å². The molecular formula is C25H26FNO3. The minimum Gasteiger partial charge on any atom is -0.478 e. The molecule has 0 N–H and O–H groups in total. The van der Waals surface area contributed by atoms with Crippen molar-refractivity contribution in [2.24, 2.45) is 0 Å². The van der Waals surface area contributed by atoms with Crippen molar-refractivity contribution >= 4 is 5.97 Å². The predicted molar refractivity (Wildman–Crippen MR) is 116 cm³/mol. The monoisotopic (exact) mass is 407 g/mol. The quantitative estimate of drug-likeness (QED) is 0.303. The summed E-state index contributed by atoms with van der Waals surface area (Å²) < 4.78 is 24.5. The van der Waals surface area contributed by atoms with Crippen LogP contribution in [0.2, 0.25) is 0 Å². The molecule has 3 rings (SSSR count). The number of ether oxygens (including phenoxy) is 2. The Labute approximate surface area is 176 Å². The molecule has 156 valence electrons. The molecule has 0 amide bonds. The Balaban J connectivity index is 1.69. The Kier molecular flexibility index (Phi) is 7.95. The van der Waals surface area contributed by atoms with Crippen molar-refractivity contribution in [2.75, 3.05) is 13.2 Å². The molecule has 0 aliphatic heterocycles. The second-order valence-electron chi connectivity index (χ2n) is 6.92. The van der Waals surface area contributed by atoms with Crippen molar-refractivity contribution in [2.45, 2.75) is 32.6 Å². The van der Waals surface area contributed by atoms with Crippen molar-refractivity contribution in [1.82, 2.24) is 4.98 Å². The van der Waals surface area contributed by atoms with E-state index in [-0.39, 0.29) is 11.8 Å². The number of halogens is 1. The molecule has 2 aromatic carbocycles. The van der Waals surface area contributed by atoms with Gasteiger partial charge in [-0.15, -0.1) is 0 Å². The molecule has 0 saturated carbocycles. The Bertz CT molecular complexity index is 960. The predicted octanol–water partition coefficient (Wildman–Crippen LogP) is 6.06. The van der Waals surface area contributed by atoms with Gasteiger partial charge in [0.15, 0.2) is 0 Å². The molecule has 1 aromatic heterocycles. The van der Waals surface area contributed by atoms with Crippen LogP contribution in [-0.2, 0) is 9.53 Å². The van der Waals surface area contributed by atoms with Crippen molar-refractivity contribution in [3.05, 3.63) is 72.5 Å². The third kappa shape index (κ3) is 6.41. The average Bonchev–Trinajstić information content (AvgIpc) is 2.77. The second kappa shape index (κ2) is 11.1. The highest BCUT2D eigenvalue weighted by atomic mass is 19.1. The first-order chi connectivity index (χ1) is 14.7. The number of pyridine rings is 1. The van der Waals surface area contributed by atoms with Gasteiger partial charge in [0.1, 0.15) is 5.82 Å². The van der Waals surface area contributed by atoms with E-state index in [0.717, 1.165) is 30.4 Å². The van der Waals surface area contributed by atoms with Crippen molar-refractivity contribution in [3.8, 4) is 28.3 Å². The van der Waals surface area contributed by atoms with Gasteiger partial charge < -0.3 is 9.47 Å². The van der Waals surface area contributed by atoms with Gasteiger partial charge in [0.05, 0.1) is 18.9 Å². The van der Waals surface area contributed by atoms with Crippen LogP contribution in [0.1, 0.15) is 32.6 Å². The number of benzene rings is 2. The maximum Gasteiger partial charge on any atom is 0.305 e. The van der Waals surface area contributed by atoms with Gasteiger partial charge in [-0.05, 0) is 55.5 Å². The van der Waals surface area contributed by atoms with Crippen LogP contribution >= 0.6 is 0 Å². The molecule has 0 bridgehead atoms. The van der Waals surface area contributed by atoms with Crippen LogP contribution in [0.25, 0.3) is 22.4 Å². The Morgan fingerprint density at radius 1 is 0.900 bits per heavy atom. The molecule has 0 spiro atoms. The summed E-state index contributed by atoms with van der Waals surface area (Å²) in [5, 5.41) is 0. The zero-order chi connectivity index (χ0) is 21.2. The van der Waals surface area contributed by atoms with Crippen LogP contribution in [0.4, 0.5) is 4.39 Å². The number of esters is 1. The first-order valence-corrected chi connectivity index (χ1v) is 10.3. The van der Waals surface area contributed by atoms with E-state index in [1.165, 1.54) is 12.1 Å². The van der Waals surface area contributed by atoms with Gasteiger partial charge in [-0.25, -0.2) is 9.37 Å². The number of hydrogen-bond acceptors (Lipinski definition) is 4. The lowest BCUT2D eigenvalue weighted by Gasteiger charge is -2.11. The fourth-order valence-corrected chi connectivity index (χ4v) is 3.13. The molecule has 4 nitrogen and oxygen atoms in total. The van der Waals surface area contributed by atoms with Gasteiger partial charge in [-0.2, -0.15) is 0 Å². The third-order valence-electron chi connectivity index (χ3n) is 4.61. The van der Waals surface area contributed by atoms with E-state index in [0.29, 0.717) is 36.8 Å². The second-order valence-corrected chi connectivity index (χ2v) is 6.92. The van der Waals surface area contributed by atoms with E-state index in [1.807, 2.05) is 48.5 Å². The van der Waals surface area contributed by atoms with Crippen LogP contribution in [0.5, 0.6) is 5.88 Å². The SMILES string of the molecule is CCOC(=O)CCCCCOc1cc(-c2ccccc2)cc(-c2cccc(F)c2)n1. The van der Waals surface area contributed by atoms with Crippen molar-refractivity contribution in [1.29, 1.82) is 0 Å². The summed E-state index contributed by atoms with van der Waals surface area (Å²) in [7, 11) is 0. The molecule has 30 heavy (non-hydrogen) atoms. The molecule has 0 saturated heterocycles. The lowest BCUT2D eigenvalue weighted by atomic mass is 10.0. The molecule has 0 unspecified atom stereocenters. The number of nitrogens with zero attached hydrogens (tertiary/aromatic N) is 1. The summed E-state index contributed by atoms with van der Waals surface area (Å²) in [6, 6.07) is 20.2. The summed E-state index contributed by atoms with van der Waals surface area (Å²) >= 11 is 0. The minimum atomic E-state index is -0.302. The largest absolute Gasteiger partial charge is 0.478 e. The van der Waals surface area contributed by atoms with Gasteiger partial charge in [0, 0.05) is 18.1 Å². The average molecular weight is 407 g/mol. The van der Waals surface area contributed by atoms with E-state index in [9.17, 15) is 9.18 Å². The lowest BCUT2D eigenvalue weighted by molar-refractivity contribution is -0.143. The topological polar surface area (TPSA) is 48.4 Å². The zero-order valence-corrected chi connectivity index (χ0v) is 17.1. The van der Waals surface area contributed by atoms with Gasteiger partial charge in [-0.3, -0.25) is 4.79 Å². The Hall–Kier alpha value is -3.21. The highest BCUT2D eigenvalue weighted by Gasteiger charge is 2.09. The fraction of sp³-hybridized carbons (Fsp3) is 0.280. The summed E-state index contributed by atoms with van der Waals surface area (Å²) in [6.45, 7) is 2.72. The van der Waals surface area contributed by atoms with Gasteiger partial charge >= 0.3 is 5.97 Å². The number of carbonyl (C=O) groups is 1. The Morgan fingerprint density at radius 3 is 2.47 bits per heavy atom. The van der Waals surface area contributed by atoms with Crippen LogP contribution in [0, 0.1) is 5.82 Å². The molecule has 0 atom stereocenters. The van der Waals surface area contributed by atoms with Crippen LogP contribution in [-0.4, -0.2) is 24.2 Å². The first-order valence-electron chi connectivity index (χ1n) is 10.3. The molecule has 0 aliphatic carbocycles. The van der Waals surface area contributed by atoms with Crippen LogP contribution in [0.15, 0.2) is 66.7 Å². The number of aromatic nitrogens is 1. The Morgan fingerprint density at radius 2 is 1.70 bits per heavy atom. The third-order valence-corrected chi connectivity index (χ3v) is 4.61. The fourth-order valence-electron chi connectivity index (χ4n) is 3.13. The van der Waals surface area contributed by atoms with Gasteiger partial charge in [0.25, 0.3) is 0 Å². The molecule has 0 radical (unpaired) electrons. The smallest absolute Gasteiger partial charge is 0.305 e. The molecular weight excluding hydrogens is 381 g/mol. The normalized spacial score (nSPS) is 10.6. The van der Waals surface area contributed by atoms with Crippen molar-refractivity contribution < 1.29 is 18.7 Å². The summed E-state index contributed by atoms with van der Waals surface area (Å²) in [6.07, 6.45) is 2.88. The molecule has 3 aromatic rings. The van der Waals surface area contributed by atoms with Crippen LogP contribution < -0.4 is 4.74 Å². The number of carbonyl (C=O) groups excluding carboxylic acids is 1. The van der Waals surface area contributed by atoms with E-state index in [4.69, 9.17) is 9.47 Å². The molecule has 5 heteroatoms. The number of unbranched alkanes of at least 4 members (excludes halogenated alkanes) is 2. The zero-order valence-electron chi connectivity index (χ0n) is 17.1. The first kappa shape index (κ1) is 21.5. The van der Waals surface area contributed by atoms with E-state index in [1.54, 1.807) is 13.0 Å². The molecule has 1 heterocycles. The maximum absolute atomic E-state index is 13.7. The number of hydrogen-bond donors (Lipinski definition) is 0. The highest BCUT2D eigenvalue weighted by Crippen LogP contribution is 2.29. The summed E-state index contributed by atoms with van der Waals surface area (Å²) in [5.41, 5.74) is 3.36. The lowest BCUT2D eigenvalue weighted by Crippen LogP contribution is -2.04. The van der Waals surface area contributed by atoms with Crippen molar-refractivity contribution in [3.63, 3.8) is 0 Å². The summed E-state index contributed by atoms with van der Waals surface area (Å²) in [4.78, 5) is 16.0. The van der Waals surface area contributed by atoms with Crippen LogP contribution in [0.3, 0.4) is 0 Å².